The van der Waals surface area contributed by atoms with Gasteiger partial charge in [0.25, 0.3) is 0 Å². The number of phenols is 1. The third-order valence-corrected chi connectivity index (χ3v) is 6.66. The van der Waals surface area contributed by atoms with E-state index in [0.717, 1.165) is 6.07 Å². The number of alkyl halides is 3. The van der Waals surface area contributed by atoms with Gasteiger partial charge in [0, 0.05) is 19.6 Å². The number of halogens is 3. The molecular formula is C14H16F3NO3S. The van der Waals surface area contributed by atoms with Gasteiger partial charge in [-0.05, 0) is 36.1 Å². The Morgan fingerprint density at radius 3 is 2.59 bits per heavy atom. The van der Waals surface area contributed by atoms with Gasteiger partial charge in [0.1, 0.15) is 5.75 Å². The van der Waals surface area contributed by atoms with Gasteiger partial charge < -0.3 is 5.11 Å². The van der Waals surface area contributed by atoms with Gasteiger partial charge in [0.15, 0.2) is 9.84 Å². The average molecular weight is 335 g/mol. The summed E-state index contributed by atoms with van der Waals surface area (Å²) in [6.07, 6.45) is -3.89. The fourth-order valence-corrected chi connectivity index (χ4v) is 5.58. The van der Waals surface area contributed by atoms with E-state index in [1.165, 1.54) is 6.07 Å². The summed E-state index contributed by atoms with van der Waals surface area (Å²) in [5.41, 5.74) is -0.556. The molecule has 2 fully saturated rings. The Hall–Kier alpha value is -1.28. The summed E-state index contributed by atoms with van der Waals surface area (Å²) in [6.45, 7) is 1.13. The summed E-state index contributed by atoms with van der Waals surface area (Å²) in [5, 5.41) is 9.06. The Labute approximate surface area is 126 Å². The highest BCUT2D eigenvalue weighted by Crippen LogP contribution is 2.36. The monoisotopic (exact) mass is 335 g/mol. The SMILES string of the molecule is O=S1(=O)CC[C@H]2CN(Cc3cc(O)cc(C(F)(F)F)c3)C[C@H]21. The first-order valence-electron chi connectivity index (χ1n) is 6.99. The lowest BCUT2D eigenvalue weighted by molar-refractivity contribution is -0.137. The molecule has 22 heavy (non-hydrogen) atoms. The second-order valence-corrected chi connectivity index (χ2v) is 8.37. The molecule has 0 radical (unpaired) electrons. The molecule has 1 aromatic carbocycles. The van der Waals surface area contributed by atoms with Crippen LogP contribution < -0.4 is 0 Å². The lowest BCUT2D eigenvalue weighted by atomic mass is 10.1. The molecule has 0 unspecified atom stereocenters. The first kappa shape index (κ1) is 15.6. The molecule has 2 heterocycles. The van der Waals surface area contributed by atoms with Crippen LogP contribution in [-0.2, 0) is 22.6 Å². The molecule has 4 nitrogen and oxygen atoms in total. The Bertz CT molecular complexity index is 687. The maximum atomic E-state index is 12.7. The van der Waals surface area contributed by atoms with Gasteiger partial charge in [0.05, 0.1) is 16.6 Å². The van der Waals surface area contributed by atoms with E-state index < -0.39 is 32.6 Å². The van der Waals surface area contributed by atoms with Crippen LogP contribution in [0.25, 0.3) is 0 Å². The van der Waals surface area contributed by atoms with Crippen molar-refractivity contribution < 1.29 is 26.7 Å². The minimum absolute atomic E-state index is 0.0735. The molecule has 8 heteroatoms. The zero-order valence-electron chi connectivity index (χ0n) is 11.7. The standard InChI is InChI=1S/C14H16F3NO3S/c15-14(16,17)11-3-9(4-12(19)5-11)6-18-7-10-1-2-22(20,21)13(10)8-18/h3-5,10,13,19H,1-2,6-8H2/t10-,13+/m0/s1. The third kappa shape index (κ3) is 2.94. The fraction of sp³-hybridized carbons (Fsp3) is 0.571. The summed E-state index contributed by atoms with van der Waals surface area (Å²) >= 11 is 0. The van der Waals surface area contributed by atoms with Crippen LogP contribution in [-0.4, -0.2) is 42.5 Å². The lowest BCUT2D eigenvalue weighted by Gasteiger charge is -2.18. The van der Waals surface area contributed by atoms with Crippen molar-refractivity contribution >= 4 is 9.84 Å². The molecule has 2 saturated heterocycles. The van der Waals surface area contributed by atoms with Gasteiger partial charge in [-0.3, -0.25) is 4.90 Å². The maximum Gasteiger partial charge on any atom is 0.416 e. The van der Waals surface area contributed by atoms with Crippen molar-refractivity contribution in [2.24, 2.45) is 5.92 Å². The molecule has 2 aliphatic rings. The number of likely N-dealkylation sites (tertiary alicyclic amines) is 1. The molecule has 0 bridgehead atoms. The second kappa shape index (κ2) is 5.13. The van der Waals surface area contributed by atoms with Crippen molar-refractivity contribution in [3.8, 4) is 5.75 Å². The predicted octanol–water partition coefficient (Wildman–Crippen LogP) is 2.03. The minimum atomic E-state index is -4.52. The van der Waals surface area contributed by atoms with Gasteiger partial charge in [0.2, 0.25) is 0 Å². The highest BCUT2D eigenvalue weighted by Gasteiger charge is 2.46. The zero-order chi connectivity index (χ0) is 16.1. The summed E-state index contributed by atoms with van der Waals surface area (Å²) in [4.78, 5) is 1.85. The minimum Gasteiger partial charge on any atom is -0.508 e. The predicted molar refractivity (Wildman–Crippen MR) is 74.1 cm³/mol. The van der Waals surface area contributed by atoms with Crippen LogP contribution >= 0.6 is 0 Å². The molecule has 1 aromatic rings. The fourth-order valence-electron chi connectivity index (χ4n) is 3.39. The Kier molecular flexibility index (Phi) is 3.64. The van der Waals surface area contributed by atoms with Crippen molar-refractivity contribution in [1.82, 2.24) is 4.90 Å². The van der Waals surface area contributed by atoms with Crippen LogP contribution in [0.5, 0.6) is 5.75 Å². The molecule has 1 N–H and O–H groups in total. The Balaban J connectivity index is 1.77. The number of fused-ring (bicyclic) bond motifs is 1. The molecular weight excluding hydrogens is 319 g/mol. The van der Waals surface area contributed by atoms with Crippen molar-refractivity contribution in [2.45, 2.75) is 24.4 Å². The topological polar surface area (TPSA) is 57.6 Å². The van der Waals surface area contributed by atoms with E-state index in [2.05, 4.69) is 0 Å². The molecule has 0 spiro atoms. The molecule has 2 atom stereocenters. The normalized spacial score (nSPS) is 28.0. The van der Waals surface area contributed by atoms with Crippen LogP contribution in [0.15, 0.2) is 18.2 Å². The average Bonchev–Trinajstić information content (AvgIpc) is 2.89. The Morgan fingerprint density at radius 1 is 1.23 bits per heavy atom. The van der Waals surface area contributed by atoms with Gasteiger partial charge in [-0.1, -0.05) is 0 Å². The number of sulfone groups is 1. The van der Waals surface area contributed by atoms with E-state index in [4.69, 9.17) is 0 Å². The van der Waals surface area contributed by atoms with E-state index >= 15 is 0 Å². The first-order valence-corrected chi connectivity index (χ1v) is 8.71. The van der Waals surface area contributed by atoms with E-state index in [1.54, 1.807) is 0 Å². The summed E-state index contributed by atoms with van der Waals surface area (Å²) in [6, 6.07) is 2.98. The number of hydrogen-bond acceptors (Lipinski definition) is 4. The second-order valence-electron chi connectivity index (χ2n) is 6.03. The Morgan fingerprint density at radius 2 is 1.95 bits per heavy atom. The number of phenolic OH excluding ortho intramolecular Hbond substituents is 1. The smallest absolute Gasteiger partial charge is 0.416 e. The highest BCUT2D eigenvalue weighted by molar-refractivity contribution is 7.92. The summed E-state index contributed by atoms with van der Waals surface area (Å²) < 4.78 is 62.0. The van der Waals surface area contributed by atoms with E-state index in [-0.39, 0.29) is 18.2 Å². The molecule has 0 saturated carbocycles. The molecule has 3 rings (SSSR count). The van der Waals surface area contributed by atoms with Crippen molar-refractivity contribution in [3.63, 3.8) is 0 Å². The van der Waals surface area contributed by atoms with Gasteiger partial charge in [-0.25, -0.2) is 8.42 Å². The van der Waals surface area contributed by atoms with Crippen LogP contribution in [0, 0.1) is 5.92 Å². The lowest BCUT2D eigenvalue weighted by Crippen LogP contribution is -2.26. The molecule has 2 aliphatic heterocycles. The van der Waals surface area contributed by atoms with Crippen molar-refractivity contribution in [2.75, 3.05) is 18.8 Å². The summed E-state index contributed by atoms with van der Waals surface area (Å²) in [7, 11) is -3.06. The van der Waals surface area contributed by atoms with Gasteiger partial charge in [-0.2, -0.15) is 13.2 Å². The molecule has 122 valence electrons. The number of aromatic hydroxyl groups is 1. The van der Waals surface area contributed by atoms with Crippen molar-refractivity contribution in [3.05, 3.63) is 29.3 Å². The molecule has 0 aromatic heterocycles. The summed E-state index contributed by atoms with van der Waals surface area (Å²) in [5.74, 6) is -0.151. The zero-order valence-corrected chi connectivity index (χ0v) is 12.5. The third-order valence-electron chi connectivity index (χ3n) is 4.40. The van der Waals surface area contributed by atoms with Crippen LogP contribution in [0.1, 0.15) is 17.5 Å². The quantitative estimate of drug-likeness (QED) is 0.898. The first-order chi connectivity index (χ1) is 10.1. The number of rotatable bonds is 2. The van der Waals surface area contributed by atoms with Crippen LogP contribution in [0.2, 0.25) is 0 Å². The van der Waals surface area contributed by atoms with Crippen molar-refractivity contribution in [1.29, 1.82) is 0 Å². The van der Waals surface area contributed by atoms with E-state index in [0.29, 0.717) is 31.1 Å². The number of benzene rings is 1. The number of nitrogens with zero attached hydrogens (tertiary/aromatic N) is 1. The van der Waals surface area contributed by atoms with Crippen LogP contribution in [0.4, 0.5) is 13.2 Å². The maximum absolute atomic E-state index is 12.7. The van der Waals surface area contributed by atoms with E-state index in [9.17, 15) is 26.7 Å². The number of hydrogen-bond donors (Lipinski definition) is 1. The largest absolute Gasteiger partial charge is 0.508 e. The molecule has 0 amide bonds. The van der Waals surface area contributed by atoms with Gasteiger partial charge >= 0.3 is 6.18 Å². The molecule has 0 aliphatic carbocycles. The van der Waals surface area contributed by atoms with E-state index in [1.807, 2.05) is 4.90 Å². The highest BCUT2D eigenvalue weighted by atomic mass is 32.2. The van der Waals surface area contributed by atoms with Crippen LogP contribution in [0.3, 0.4) is 0 Å². The van der Waals surface area contributed by atoms with Gasteiger partial charge in [-0.15, -0.1) is 0 Å².